The van der Waals surface area contributed by atoms with E-state index < -0.39 is 10.0 Å². The maximum atomic E-state index is 12.2. The van der Waals surface area contributed by atoms with E-state index in [-0.39, 0.29) is 12.3 Å². The molecule has 3 aromatic rings. The van der Waals surface area contributed by atoms with Gasteiger partial charge in [0.25, 0.3) is 0 Å². The van der Waals surface area contributed by atoms with Gasteiger partial charge in [-0.2, -0.15) is 0 Å². The van der Waals surface area contributed by atoms with Crippen molar-refractivity contribution in [1.29, 1.82) is 0 Å². The Hall–Kier alpha value is -2.51. The van der Waals surface area contributed by atoms with Gasteiger partial charge in [0.1, 0.15) is 0 Å². The molecule has 26 heavy (non-hydrogen) atoms. The first-order valence-corrected chi connectivity index (χ1v) is 9.99. The summed E-state index contributed by atoms with van der Waals surface area (Å²) in [5.74, 6) is 0.796. The summed E-state index contributed by atoms with van der Waals surface area (Å²) in [7, 11) is -3.42. The van der Waals surface area contributed by atoms with Crippen LogP contribution in [0, 0.1) is 13.8 Å². The standard InChI is InChI=1S/C19H21N3O3S/c1-14-6-5-9-16(12-14)19-22-21-18(25-19)10-11-20-26(23,24)13-17-8-4-3-7-15(17)2/h3-9,12,20H,10-11,13H2,1-2H3. The summed E-state index contributed by atoms with van der Waals surface area (Å²) in [6, 6.07) is 15.2. The first-order valence-electron chi connectivity index (χ1n) is 8.34. The van der Waals surface area contributed by atoms with Gasteiger partial charge in [-0.25, -0.2) is 13.1 Å². The van der Waals surface area contributed by atoms with E-state index in [1.165, 1.54) is 0 Å². The van der Waals surface area contributed by atoms with E-state index in [1.807, 2.05) is 62.4 Å². The van der Waals surface area contributed by atoms with Gasteiger partial charge in [0.05, 0.1) is 5.75 Å². The molecule has 6 nitrogen and oxygen atoms in total. The molecular weight excluding hydrogens is 350 g/mol. The van der Waals surface area contributed by atoms with E-state index in [4.69, 9.17) is 4.42 Å². The Balaban J connectivity index is 1.57. The van der Waals surface area contributed by atoms with Crippen molar-refractivity contribution in [3.8, 4) is 11.5 Å². The van der Waals surface area contributed by atoms with Crippen LogP contribution in [0.25, 0.3) is 11.5 Å². The van der Waals surface area contributed by atoms with Gasteiger partial charge >= 0.3 is 0 Å². The van der Waals surface area contributed by atoms with E-state index in [2.05, 4.69) is 14.9 Å². The normalized spacial score (nSPS) is 11.6. The second-order valence-electron chi connectivity index (χ2n) is 6.20. The zero-order valence-electron chi connectivity index (χ0n) is 14.8. The summed E-state index contributed by atoms with van der Waals surface area (Å²) in [4.78, 5) is 0. The number of rotatable bonds is 7. The molecule has 0 bridgehead atoms. The van der Waals surface area contributed by atoms with Crippen molar-refractivity contribution in [2.75, 3.05) is 6.54 Å². The third-order valence-corrected chi connectivity index (χ3v) is 5.33. The van der Waals surface area contributed by atoms with Gasteiger partial charge in [0, 0.05) is 18.5 Å². The summed E-state index contributed by atoms with van der Waals surface area (Å²) in [6.07, 6.45) is 0.339. The lowest BCUT2D eigenvalue weighted by molar-refractivity contribution is 0.502. The Kier molecular flexibility index (Phi) is 5.49. The Morgan fingerprint density at radius 1 is 1.04 bits per heavy atom. The molecule has 0 aliphatic heterocycles. The quantitative estimate of drug-likeness (QED) is 0.690. The van der Waals surface area contributed by atoms with Gasteiger partial charge in [-0.1, -0.05) is 42.0 Å². The van der Waals surface area contributed by atoms with Crippen LogP contribution in [0.5, 0.6) is 0 Å². The molecule has 0 amide bonds. The highest BCUT2D eigenvalue weighted by atomic mass is 32.2. The summed E-state index contributed by atoms with van der Waals surface area (Å²) < 4.78 is 32.7. The van der Waals surface area contributed by atoms with Gasteiger partial charge in [0.2, 0.25) is 21.8 Å². The van der Waals surface area contributed by atoms with Crippen LogP contribution >= 0.6 is 0 Å². The van der Waals surface area contributed by atoms with Gasteiger partial charge in [-0.05, 0) is 37.1 Å². The van der Waals surface area contributed by atoms with Gasteiger partial charge in [0.15, 0.2) is 0 Å². The molecule has 0 spiro atoms. The number of sulfonamides is 1. The number of hydrogen-bond acceptors (Lipinski definition) is 5. The molecule has 2 aromatic carbocycles. The zero-order chi connectivity index (χ0) is 18.6. The van der Waals surface area contributed by atoms with Crippen molar-refractivity contribution in [1.82, 2.24) is 14.9 Å². The van der Waals surface area contributed by atoms with Crippen molar-refractivity contribution >= 4 is 10.0 Å². The molecule has 7 heteroatoms. The van der Waals surface area contributed by atoms with E-state index in [0.29, 0.717) is 18.2 Å². The lowest BCUT2D eigenvalue weighted by Crippen LogP contribution is -2.27. The van der Waals surface area contributed by atoms with E-state index in [9.17, 15) is 8.42 Å². The molecule has 0 aliphatic rings. The lowest BCUT2D eigenvalue weighted by Gasteiger charge is -2.07. The molecule has 0 atom stereocenters. The molecule has 0 radical (unpaired) electrons. The van der Waals surface area contributed by atoms with E-state index >= 15 is 0 Å². The average Bonchev–Trinajstić information content (AvgIpc) is 3.05. The smallest absolute Gasteiger partial charge is 0.247 e. The van der Waals surface area contributed by atoms with E-state index in [1.54, 1.807) is 0 Å². The summed E-state index contributed by atoms with van der Waals surface area (Å²) in [5, 5.41) is 8.02. The molecule has 0 fully saturated rings. The van der Waals surface area contributed by atoms with Crippen molar-refractivity contribution in [2.45, 2.75) is 26.0 Å². The minimum atomic E-state index is -3.42. The zero-order valence-corrected chi connectivity index (χ0v) is 15.6. The molecule has 1 heterocycles. The molecule has 0 saturated heterocycles. The minimum absolute atomic E-state index is 0.0436. The topological polar surface area (TPSA) is 85.1 Å². The fourth-order valence-electron chi connectivity index (χ4n) is 2.59. The number of nitrogens with one attached hydrogen (secondary N) is 1. The third-order valence-electron chi connectivity index (χ3n) is 4.00. The van der Waals surface area contributed by atoms with Crippen molar-refractivity contribution in [2.24, 2.45) is 0 Å². The molecule has 136 valence electrons. The summed E-state index contributed by atoms with van der Waals surface area (Å²) in [6.45, 7) is 4.10. The van der Waals surface area contributed by atoms with Crippen LogP contribution < -0.4 is 4.72 Å². The van der Waals surface area contributed by atoms with Gasteiger partial charge < -0.3 is 4.42 Å². The van der Waals surface area contributed by atoms with Crippen LogP contribution in [0.3, 0.4) is 0 Å². The summed E-state index contributed by atoms with van der Waals surface area (Å²) in [5.41, 5.74) is 3.70. The van der Waals surface area contributed by atoms with Crippen LogP contribution in [-0.4, -0.2) is 25.2 Å². The molecule has 0 saturated carbocycles. The first-order chi connectivity index (χ1) is 12.4. The minimum Gasteiger partial charge on any atom is -0.421 e. The molecule has 1 aromatic heterocycles. The van der Waals surface area contributed by atoms with Crippen LogP contribution in [-0.2, 0) is 22.2 Å². The Morgan fingerprint density at radius 2 is 1.85 bits per heavy atom. The fraction of sp³-hybridized carbons (Fsp3) is 0.263. The maximum absolute atomic E-state index is 12.2. The van der Waals surface area contributed by atoms with Crippen molar-refractivity contribution in [3.63, 3.8) is 0 Å². The predicted octanol–water partition coefficient (Wildman–Crippen LogP) is 3.02. The van der Waals surface area contributed by atoms with Crippen molar-refractivity contribution < 1.29 is 12.8 Å². The highest BCUT2D eigenvalue weighted by Gasteiger charge is 2.14. The third kappa shape index (κ3) is 4.77. The first kappa shape index (κ1) is 18.3. The summed E-state index contributed by atoms with van der Waals surface area (Å²) >= 11 is 0. The average molecular weight is 371 g/mol. The highest BCUT2D eigenvalue weighted by Crippen LogP contribution is 2.19. The fourth-order valence-corrected chi connectivity index (χ4v) is 3.84. The van der Waals surface area contributed by atoms with Gasteiger partial charge in [-0.15, -0.1) is 10.2 Å². The number of aromatic nitrogens is 2. The van der Waals surface area contributed by atoms with Gasteiger partial charge in [-0.3, -0.25) is 0 Å². The Bertz CT molecular complexity index is 997. The van der Waals surface area contributed by atoms with Crippen molar-refractivity contribution in [3.05, 3.63) is 71.1 Å². The van der Waals surface area contributed by atoms with Crippen LogP contribution in [0.1, 0.15) is 22.6 Å². The predicted molar refractivity (Wildman–Crippen MR) is 100.0 cm³/mol. The second kappa shape index (κ2) is 7.80. The molecule has 0 aliphatic carbocycles. The number of aryl methyl sites for hydroxylation is 2. The monoisotopic (exact) mass is 371 g/mol. The molecule has 3 rings (SSSR count). The molecular formula is C19H21N3O3S. The molecule has 1 N–H and O–H groups in total. The number of nitrogens with zero attached hydrogens (tertiary/aromatic N) is 2. The Labute approximate surface area is 153 Å². The highest BCUT2D eigenvalue weighted by molar-refractivity contribution is 7.88. The largest absolute Gasteiger partial charge is 0.421 e. The lowest BCUT2D eigenvalue weighted by atomic mass is 10.1. The van der Waals surface area contributed by atoms with Crippen LogP contribution in [0.15, 0.2) is 52.9 Å². The van der Waals surface area contributed by atoms with Crippen LogP contribution in [0.2, 0.25) is 0 Å². The molecule has 0 unspecified atom stereocenters. The second-order valence-corrected chi connectivity index (χ2v) is 8.01. The number of hydrogen-bond donors (Lipinski definition) is 1. The van der Waals surface area contributed by atoms with E-state index in [0.717, 1.165) is 22.3 Å². The maximum Gasteiger partial charge on any atom is 0.247 e. The Morgan fingerprint density at radius 3 is 2.62 bits per heavy atom. The van der Waals surface area contributed by atoms with Crippen LogP contribution in [0.4, 0.5) is 0 Å². The number of benzene rings is 2. The SMILES string of the molecule is Cc1cccc(-c2nnc(CCNS(=O)(=O)Cc3ccccc3C)o2)c1.